The highest BCUT2D eigenvalue weighted by atomic mass is 19.1. The van der Waals surface area contributed by atoms with Gasteiger partial charge in [-0.25, -0.2) is 9.97 Å². The van der Waals surface area contributed by atoms with Crippen LogP contribution in [0.2, 0.25) is 0 Å². The van der Waals surface area contributed by atoms with E-state index in [-0.39, 0.29) is 11.5 Å². The molecule has 1 N–H and O–H groups in total. The van der Waals surface area contributed by atoms with Crippen molar-refractivity contribution in [2.24, 2.45) is 12.2 Å². The van der Waals surface area contributed by atoms with E-state index in [0.29, 0.717) is 29.6 Å². The molecule has 29 heavy (non-hydrogen) atoms. The van der Waals surface area contributed by atoms with Gasteiger partial charge in [0, 0.05) is 26.0 Å². The summed E-state index contributed by atoms with van der Waals surface area (Å²) in [5, 5.41) is 6.92. The number of imidazole rings is 1. The van der Waals surface area contributed by atoms with Crippen LogP contribution in [0.25, 0.3) is 0 Å². The number of carbonyl (C=O) groups excluding carboxylic acids is 1. The van der Waals surface area contributed by atoms with E-state index in [4.69, 9.17) is 4.84 Å². The van der Waals surface area contributed by atoms with Crippen molar-refractivity contribution in [1.29, 1.82) is 0 Å². The summed E-state index contributed by atoms with van der Waals surface area (Å²) in [5.74, 6) is -0.185. The Bertz CT molecular complexity index is 1070. The smallest absolute Gasteiger partial charge is 0.276 e. The van der Waals surface area contributed by atoms with E-state index in [9.17, 15) is 9.18 Å². The first-order chi connectivity index (χ1) is 14.1. The maximum absolute atomic E-state index is 13.9. The van der Waals surface area contributed by atoms with Crippen LogP contribution in [0, 0.1) is 5.95 Å². The molecule has 0 aromatic carbocycles. The van der Waals surface area contributed by atoms with Crippen LogP contribution in [0.3, 0.4) is 0 Å². The Balaban J connectivity index is 1.56. The van der Waals surface area contributed by atoms with E-state index in [1.165, 1.54) is 12.4 Å². The third-order valence-corrected chi connectivity index (χ3v) is 4.53. The average Bonchev–Trinajstić information content (AvgIpc) is 3.36. The Morgan fingerprint density at radius 2 is 2.10 bits per heavy atom. The summed E-state index contributed by atoms with van der Waals surface area (Å²) >= 11 is 0. The summed E-state index contributed by atoms with van der Waals surface area (Å²) in [7, 11) is 1.70. The van der Waals surface area contributed by atoms with Crippen LogP contribution in [0.15, 0.2) is 54.2 Å². The van der Waals surface area contributed by atoms with Gasteiger partial charge in [-0.1, -0.05) is 5.16 Å². The largest absolute Gasteiger partial charge is 0.363 e. The normalized spacial score (nSPS) is 15.4. The molecule has 1 aliphatic heterocycles. The molecule has 1 atom stereocenters. The fourth-order valence-corrected chi connectivity index (χ4v) is 3.04. The van der Waals surface area contributed by atoms with Gasteiger partial charge in [0.25, 0.3) is 5.91 Å². The van der Waals surface area contributed by atoms with Crippen LogP contribution >= 0.6 is 0 Å². The molecular formula is C19H18FN7O2. The number of nitrogens with one attached hydrogen (secondary N) is 1. The maximum Gasteiger partial charge on any atom is 0.276 e. The molecule has 1 amide bonds. The summed E-state index contributed by atoms with van der Waals surface area (Å²) in [6.07, 6.45) is 5.28. The van der Waals surface area contributed by atoms with Crippen molar-refractivity contribution in [3.8, 4) is 0 Å². The standard InChI is InChI=1S/C19H18FN7O2/c1-3-27(12-6-4-8-21-10-12)19(28)14-11-23-17(26(14)2)16-24-18(29-25-16)13-7-5-9-22-15(13)20/h4-11,18H,3H2,1-2H3,(H,24,25). The first-order valence-electron chi connectivity index (χ1n) is 8.95. The maximum atomic E-state index is 13.9. The quantitative estimate of drug-likeness (QED) is 0.664. The lowest BCUT2D eigenvalue weighted by molar-refractivity contribution is 0.0695. The molecule has 3 aromatic heterocycles. The summed E-state index contributed by atoms with van der Waals surface area (Å²) in [5.41, 5.74) is 1.28. The molecule has 1 aliphatic rings. The number of halogens is 1. The molecule has 0 aliphatic carbocycles. The SMILES string of the molecule is CCN(C(=O)c1cnc(C2=NOC(c3cccnc3F)N2)n1C)c1cccnc1. The number of anilines is 1. The zero-order valence-corrected chi connectivity index (χ0v) is 15.8. The van der Waals surface area contributed by atoms with Gasteiger partial charge in [0.05, 0.1) is 23.6 Å². The number of pyridine rings is 2. The second kappa shape index (κ2) is 7.66. The second-order valence-electron chi connectivity index (χ2n) is 6.24. The number of amides is 1. The molecule has 10 heteroatoms. The van der Waals surface area contributed by atoms with Crippen LogP contribution < -0.4 is 10.2 Å². The highest BCUT2D eigenvalue weighted by Gasteiger charge is 2.29. The van der Waals surface area contributed by atoms with Crippen molar-refractivity contribution in [2.45, 2.75) is 13.2 Å². The number of carbonyl (C=O) groups is 1. The molecule has 4 heterocycles. The minimum atomic E-state index is -0.822. The van der Waals surface area contributed by atoms with Crippen LogP contribution in [0.4, 0.5) is 10.1 Å². The number of rotatable bonds is 5. The van der Waals surface area contributed by atoms with E-state index >= 15 is 0 Å². The Kier molecular flexibility index (Phi) is 4.90. The summed E-state index contributed by atoms with van der Waals surface area (Å²) < 4.78 is 15.5. The second-order valence-corrected chi connectivity index (χ2v) is 6.24. The summed E-state index contributed by atoms with van der Waals surface area (Å²) in [4.78, 5) is 31.9. The van der Waals surface area contributed by atoms with E-state index < -0.39 is 12.2 Å². The predicted molar refractivity (Wildman–Crippen MR) is 102 cm³/mol. The van der Waals surface area contributed by atoms with Crippen molar-refractivity contribution in [2.75, 3.05) is 11.4 Å². The zero-order valence-electron chi connectivity index (χ0n) is 15.8. The molecule has 0 bridgehead atoms. The van der Waals surface area contributed by atoms with Crippen LogP contribution in [0.1, 0.15) is 35.0 Å². The molecule has 4 rings (SSSR count). The van der Waals surface area contributed by atoms with Gasteiger partial charge in [-0.2, -0.15) is 4.39 Å². The number of amidine groups is 1. The molecule has 0 saturated carbocycles. The summed E-state index contributed by atoms with van der Waals surface area (Å²) in [6.45, 7) is 2.35. The average molecular weight is 395 g/mol. The monoisotopic (exact) mass is 395 g/mol. The van der Waals surface area contributed by atoms with E-state index in [1.807, 2.05) is 13.0 Å². The van der Waals surface area contributed by atoms with Gasteiger partial charge >= 0.3 is 0 Å². The van der Waals surface area contributed by atoms with Gasteiger partial charge in [-0.05, 0) is 31.2 Å². The number of hydrogen-bond donors (Lipinski definition) is 1. The topological polar surface area (TPSA) is 97.5 Å². The Hall–Kier alpha value is -3.82. The van der Waals surface area contributed by atoms with Gasteiger partial charge in [0.1, 0.15) is 5.69 Å². The minimum Gasteiger partial charge on any atom is -0.363 e. The van der Waals surface area contributed by atoms with E-state index in [0.717, 1.165) is 0 Å². The van der Waals surface area contributed by atoms with Crippen LogP contribution in [-0.2, 0) is 11.9 Å². The van der Waals surface area contributed by atoms with Gasteiger partial charge in [-0.15, -0.1) is 0 Å². The highest BCUT2D eigenvalue weighted by Crippen LogP contribution is 2.22. The van der Waals surface area contributed by atoms with E-state index in [2.05, 4.69) is 25.4 Å². The molecule has 0 fully saturated rings. The predicted octanol–water partition coefficient (Wildman–Crippen LogP) is 2.00. The third-order valence-electron chi connectivity index (χ3n) is 4.53. The van der Waals surface area contributed by atoms with E-state index in [1.54, 1.807) is 47.1 Å². The van der Waals surface area contributed by atoms with Crippen molar-refractivity contribution in [3.63, 3.8) is 0 Å². The van der Waals surface area contributed by atoms with Gasteiger partial charge in [0.15, 0.2) is 5.82 Å². The summed E-state index contributed by atoms with van der Waals surface area (Å²) in [6, 6.07) is 6.75. The molecule has 1 unspecified atom stereocenters. The number of oxime groups is 1. The Labute approximate surface area is 165 Å². The van der Waals surface area contributed by atoms with Gasteiger partial charge < -0.3 is 19.6 Å². The molecule has 0 spiro atoms. The Morgan fingerprint density at radius 3 is 2.83 bits per heavy atom. The van der Waals surface area contributed by atoms with Crippen LogP contribution in [0.5, 0.6) is 0 Å². The number of nitrogens with zero attached hydrogens (tertiary/aromatic N) is 6. The van der Waals surface area contributed by atoms with Gasteiger partial charge in [-0.3, -0.25) is 9.78 Å². The third kappa shape index (κ3) is 3.40. The molecule has 3 aromatic rings. The molecule has 0 saturated heterocycles. The number of hydrogen-bond acceptors (Lipinski definition) is 7. The van der Waals surface area contributed by atoms with Crippen molar-refractivity contribution < 1.29 is 14.0 Å². The molecular weight excluding hydrogens is 377 g/mol. The molecule has 9 nitrogen and oxygen atoms in total. The lowest BCUT2D eigenvalue weighted by Gasteiger charge is -2.20. The fraction of sp³-hybridized carbons (Fsp3) is 0.211. The minimum absolute atomic E-state index is 0.226. The van der Waals surface area contributed by atoms with Crippen molar-refractivity contribution in [3.05, 3.63) is 72.1 Å². The fourth-order valence-electron chi connectivity index (χ4n) is 3.04. The number of aromatic nitrogens is 4. The first kappa shape index (κ1) is 18.5. The first-order valence-corrected chi connectivity index (χ1v) is 8.95. The molecule has 148 valence electrons. The van der Waals surface area contributed by atoms with Gasteiger partial charge in [0.2, 0.25) is 18.0 Å². The van der Waals surface area contributed by atoms with Crippen LogP contribution in [-0.4, -0.2) is 37.8 Å². The Morgan fingerprint density at radius 1 is 1.28 bits per heavy atom. The van der Waals surface area contributed by atoms with Crippen molar-refractivity contribution >= 4 is 17.4 Å². The lowest BCUT2D eigenvalue weighted by atomic mass is 10.2. The lowest BCUT2D eigenvalue weighted by Crippen LogP contribution is -2.33. The molecule has 0 radical (unpaired) electrons. The van der Waals surface area contributed by atoms with Crippen molar-refractivity contribution in [1.82, 2.24) is 24.8 Å². The highest BCUT2D eigenvalue weighted by molar-refractivity contribution is 6.06. The zero-order chi connectivity index (χ0) is 20.4.